The van der Waals surface area contributed by atoms with Gasteiger partial charge in [0, 0.05) is 20.0 Å². The van der Waals surface area contributed by atoms with Crippen molar-refractivity contribution in [3.8, 4) is 0 Å². The first-order valence-corrected chi connectivity index (χ1v) is 7.47. The van der Waals surface area contributed by atoms with Crippen molar-refractivity contribution in [3.05, 3.63) is 25.6 Å². The van der Waals surface area contributed by atoms with E-state index in [1.807, 2.05) is 0 Å². The van der Waals surface area contributed by atoms with Gasteiger partial charge in [-0.25, -0.2) is 0 Å². The topological polar surface area (TPSA) is 70.6 Å². The maximum atomic E-state index is 12.8. The molecule has 20 heavy (non-hydrogen) atoms. The van der Waals surface area contributed by atoms with Crippen LogP contribution in [0.25, 0.3) is 0 Å². The molecule has 112 valence electrons. The number of amidine groups is 1. The molecule has 0 heterocycles. The van der Waals surface area contributed by atoms with E-state index in [2.05, 4.69) is 58.3 Å². The monoisotopic (exact) mass is 481 g/mol. The molecule has 1 aromatic carbocycles. The Hall–Kier alpha value is -0.480. The molecule has 0 fully saturated rings. The number of benzene rings is 1. The summed E-state index contributed by atoms with van der Waals surface area (Å²) in [4.78, 5) is 0. The van der Waals surface area contributed by atoms with Gasteiger partial charge in [-0.1, -0.05) is 21.1 Å². The summed E-state index contributed by atoms with van der Waals surface area (Å²) in [7, 11) is 0. The molecule has 1 unspecified atom stereocenters. The zero-order valence-corrected chi connectivity index (χ0v) is 14.4. The fourth-order valence-corrected chi connectivity index (χ4v) is 3.91. The van der Waals surface area contributed by atoms with E-state index in [1.54, 1.807) is 12.1 Å². The van der Waals surface area contributed by atoms with Crippen molar-refractivity contribution >= 4 is 59.3 Å². The van der Waals surface area contributed by atoms with Gasteiger partial charge in [0.2, 0.25) is 0 Å². The van der Waals surface area contributed by atoms with Crippen LogP contribution in [0.4, 0.5) is 18.9 Å². The van der Waals surface area contributed by atoms with Crippen LogP contribution in [0.3, 0.4) is 0 Å². The Morgan fingerprint density at radius 3 is 2.20 bits per heavy atom. The van der Waals surface area contributed by atoms with Gasteiger partial charge in [-0.15, -0.1) is 0 Å². The minimum absolute atomic E-state index is 0.438. The fraction of sp³-hybridized carbons (Fsp3) is 0.300. The first kappa shape index (κ1) is 17.6. The van der Waals surface area contributed by atoms with E-state index in [0.717, 1.165) is 4.47 Å². The number of nitrogens with one attached hydrogen (secondary N) is 1. The predicted octanol–water partition coefficient (Wildman–Crippen LogP) is 4.31. The lowest BCUT2D eigenvalue weighted by Crippen LogP contribution is -2.40. The minimum atomic E-state index is -4.61. The van der Waals surface area contributed by atoms with E-state index < -0.39 is 24.5 Å². The summed E-state index contributed by atoms with van der Waals surface area (Å²) < 4.78 is 40.2. The van der Waals surface area contributed by atoms with Crippen LogP contribution in [0, 0.1) is 5.92 Å². The highest BCUT2D eigenvalue weighted by atomic mass is 79.9. The van der Waals surface area contributed by atoms with E-state index >= 15 is 0 Å². The van der Waals surface area contributed by atoms with Gasteiger partial charge in [-0.05, 0) is 44.0 Å². The average Bonchev–Trinajstić information content (AvgIpc) is 2.30. The Labute approximate surface area is 138 Å². The molecule has 0 aromatic heterocycles. The number of anilines is 1. The highest BCUT2D eigenvalue weighted by Gasteiger charge is 2.42. The lowest BCUT2D eigenvalue weighted by molar-refractivity contribution is -0.152. The number of nitrogens with zero attached hydrogens (tertiary/aromatic N) is 1. The van der Waals surface area contributed by atoms with E-state index in [0.29, 0.717) is 14.6 Å². The van der Waals surface area contributed by atoms with Crippen LogP contribution in [0.5, 0.6) is 0 Å². The minimum Gasteiger partial charge on any atom is -0.409 e. The van der Waals surface area contributed by atoms with Gasteiger partial charge < -0.3 is 16.3 Å². The molecular formula is C10H9Br3F3N3O. The normalized spacial score (nSPS) is 14.2. The highest BCUT2D eigenvalue weighted by molar-refractivity contribution is 9.11. The molecule has 1 rings (SSSR count). The van der Waals surface area contributed by atoms with Crippen molar-refractivity contribution in [2.75, 3.05) is 11.9 Å². The third-order valence-electron chi connectivity index (χ3n) is 2.36. The Kier molecular flexibility index (Phi) is 6.14. The van der Waals surface area contributed by atoms with Gasteiger partial charge in [0.1, 0.15) is 5.92 Å². The molecule has 0 aliphatic rings. The molecule has 4 nitrogen and oxygen atoms in total. The summed E-state index contributed by atoms with van der Waals surface area (Å²) in [5.74, 6) is -2.98. The van der Waals surface area contributed by atoms with E-state index in [1.165, 1.54) is 0 Å². The zero-order valence-electron chi connectivity index (χ0n) is 9.68. The molecule has 4 N–H and O–H groups in total. The quantitative estimate of drug-likeness (QED) is 0.259. The summed E-state index contributed by atoms with van der Waals surface area (Å²) in [6, 6.07) is 3.36. The van der Waals surface area contributed by atoms with E-state index in [-0.39, 0.29) is 0 Å². The second-order valence-corrected chi connectivity index (χ2v) is 6.37. The number of halogens is 6. The summed E-state index contributed by atoms with van der Waals surface area (Å²) in [5, 5.41) is 13.5. The number of hydrogen-bond acceptors (Lipinski definition) is 3. The summed E-state index contributed by atoms with van der Waals surface area (Å²) in [5.41, 5.74) is 5.51. The maximum Gasteiger partial charge on any atom is 0.400 e. The molecule has 0 amide bonds. The molecular weight excluding hydrogens is 475 g/mol. The molecule has 0 radical (unpaired) electrons. The molecule has 0 saturated carbocycles. The van der Waals surface area contributed by atoms with Crippen LogP contribution in [0.15, 0.2) is 30.7 Å². The Morgan fingerprint density at radius 2 is 1.80 bits per heavy atom. The Bertz CT molecular complexity index is 499. The molecule has 0 saturated heterocycles. The van der Waals surface area contributed by atoms with E-state index in [9.17, 15) is 13.2 Å². The van der Waals surface area contributed by atoms with Gasteiger partial charge in [0.15, 0.2) is 5.84 Å². The van der Waals surface area contributed by atoms with Gasteiger partial charge in [0.25, 0.3) is 0 Å². The van der Waals surface area contributed by atoms with Crippen LogP contribution in [-0.2, 0) is 0 Å². The van der Waals surface area contributed by atoms with Gasteiger partial charge >= 0.3 is 6.18 Å². The van der Waals surface area contributed by atoms with Gasteiger partial charge in [0.05, 0.1) is 5.69 Å². The first-order chi connectivity index (χ1) is 9.16. The third-order valence-corrected chi connectivity index (χ3v) is 4.07. The van der Waals surface area contributed by atoms with Crippen molar-refractivity contribution in [2.45, 2.75) is 6.18 Å². The largest absolute Gasteiger partial charge is 0.409 e. The van der Waals surface area contributed by atoms with Crippen LogP contribution >= 0.6 is 47.8 Å². The highest BCUT2D eigenvalue weighted by Crippen LogP contribution is 2.35. The Balaban J connectivity index is 2.95. The molecule has 1 atom stereocenters. The second-order valence-electron chi connectivity index (χ2n) is 3.74. The fourth-order valence-electron chi connectivity index (χ4n) is 1.37. The zero-order chi connectivity index (χ0) is 15.5. The second kappa shape index (κ2) is 6.99. The van der Waals surface area contributed by atoms with Crippen LogP contribution < -0.4 is 11.1 Å². The van der Waals surface area contributed by atoms with Gasteiger partial charge in [-0.2, -0.15) is 13.2 Å². The summed E-state index contributed by atoms with van der Waals surface area (Å²) >= 11 is 9.73. The van der Waals surface area contributed by atoms with Crippen LogP contribution in [0.1, 0.15) is 0 Å². The number of oxime groups is 1. The predicted molar refractivity (Wildman–Crippen MR) is 81.0 cm³/mol. The number of hydrogen-bond donors (Lipinski definition) is 3. The molecule has 0 bridgehead atoms. The maximum absolute atomic E-state index is 12.8. The van der Waals surface area contributed by atoms with Crippen molar-refractivity contribution in [1.29, 1.82) is 0 Å². The van der Waals surface area contributed by atoms with Crippen molar-refractivity contribution < 1.29 is 18.4 Å². The van der Waals surface area contributed by atoms with Crippen molar-refractivity contribution in [3.63, 3.8) is 0 Å². The summed E-state index contributed by atoms with van der Waals surface area (Å²) in [6.45, 7) is -0.557. The lowest BCUT2D eigenvalue weighted by Gasteiger charge is -2.21. The average molecular weight is 484 g/mol. The van der Waals surface area contributed by atoms with Crippen molar-refractivity contribution in [2.24, 2.45) is 16.8 Å². The molecule has 0 aliphatic carbocycles. The Morgan fingerprint density at radius 1 is 1.30 bits per heavy atom. The molecule has 0 aliphatic heterocycles. The molecule has 1 aromatic rings. The molecule has 10 heteroatoms. The van der Waals surface area contributed by atoms with Crippen LogP contribution in [0.2, 0.25) is 0 Å². The number of rotatable bonds is 4. The smallest absolute Gasteiger partial charge is 0.400 e. The number of nitrogens with two attached hydrogens (primary N) is 1. The van der Waals surface area contributed by atoms with Crippen molar-refractivity contribution in [1.82, 2.24) is 0 Å². The van der Waals surface area contributed by atoms with Crippen LogP contribution in [-0.4, -0.2) is 23.8 Å². The third kappa shape index (κ3) is 4.52. The lowest BCUT2D eigenvalue weighted by atomic mass is 10.1. The van der Waals surface area contributed by atoms with E-state index in [4.69, 9.17) is 10.9 Å². The SMILES string of the molecule is NC(=NO)C(CNc1c(Br)cc(Br)cc1Br)C(F)(F)F. The number of alkyl halides is 3. The summed E-state index contributed by atoms with van der Waals surface area (Å²) in [6.07, 6.45) is -4.61. The first-order valence-electron chi connectivity index (χ1n) is 5.09. The molecule has 0 spiro atoms. The standard InChI is InChI=1S/C10H9Br3F3N3O/c11-4-1-6(12)8(7(13)2-4)18-3-5(9(17)19-20)10(14,15)16/h1-2,5,18,20H,3H2,(H2,17,19). The van der Waals surface area contributed by atoms with Gasteiger partial charge in [-0.3, -0.25) is 0 Å².